The minimum Gasteiger partial charge on any atom is -0.480 e. The van der Waals surface area contributed by atoms with E-state index in [0.717, 1.165) is 0 Å². The van der Waals surface area contributed by atoms with Gasteiger partial charge in [-0.3, -0.25) is 19.3 Å². The molecule has 2 N–H and O–H groups in total. The number of aliphatic carboxylic acids is 1. The highest BCUT2D eigenvalue weighted by Crippen LogP contribution is 2.09. The van der Waals surface area contributed by atoms with Crippen LogP contribution in [0.15, 0.2) is 0 Å². The van der Waals surface area contributed by atoms with Crippen molar-refractivity contribution < 1.29 is 29.0 Å². The van der Waals surface area contributed by atoms with Gasteiger partial charge in [0.15, 0.2) is 0 Å². The Labute approximate surface area is 143 Å². The number of carboxylic acids is 1. The molecule has 0 atom stereocenters. The van der Waals surface area contributed by atoms with Crippen LogP contribution in [0.2, 0.25) is 0 Å². The molecule has 0 radical (unpaired) electrons. The molecule has 0 spiro atoms. The summed E-state index contributed by atoms with van der Waals surface area (Å²) in [5, 5.41) is 11.3. The molecule has 140 valence electrons. The summed E-state index contributed by atoms with van der Waals surface area (Å²) in [6, 6.07) is 0. The number of carbonyl (C=O) groups excluding carboxylic acids is 2. The van der Waals surface area contributed by atoms with Gasteiger partial charge in [-0.25, -0.2) is 0 Å². The van der Waals surface area contributed by atoms with Gasteiger partial charge in [-0.1, -0.05) is 0 Å². The van der Waals surface area contributed by atoms with E-state index in [0.29, 0.717) is 13.1 Å². The number of nitrogens with one attached hydrogen (secondary N) is 1. The minimum atomic E-state index is -0.971. The lowest BCUT2D eigenvalue weighted by Gasteiger charge is -2.26. The Hall–Kier alpha value is -1.67. The number of esters is 2. The molecule has 0 rings (SSSR count). The van der Waals surface area contributed by atoms with Gasteiger partial charge in [-0.2, -0.15) is 0 Å². The van der Waals surface area contributed by atoms with E-state index >= 15 is 0 Å². The molecule has 0 aromatic carbocycles. The molecule has 8 heteroatoms. The van der Waals surface area contributed by atoms with Crippen LogP contribution in [-0.2, 0) is 23.9 Å². The van der Waals surface area contributed by atoms with Gasteiger partial charge >= 0.3 is 17.9 Å². The van der Waals surface area contributed by atoms with Gasteiger partial charge in [0, 0.05) is 13.1 Å². The van der Waals surface area contributed by atoms with Crippen LogP contribution >= 0.6 is 0 Å². The number of hydrogen-bond acceptors (Lipinski definition) is 7. The molecule has 0 amide bonds. The largest absolute Gasteiger partial charge is 0.480 e. The van der Waals surface area contributed by atoms with E-state index in [2.05, 4.69) is 5.32 Å². The lowest BCUT2D eigenvalue weighted by molar-refractivity contribution is -0.160. The van der Waals surface area contributed by atoms with Crippen molar-refractivity contribution in [1.82, 2.24) is 10.2 Å². The highest BCUT2D eigenvalue weighted by Gasteiger charge is 2.23. The standard InChI is InChI=1S/C16H30N2O6/c1-15(2,3)23-13(21)10-18(8-7-17-9-12(19)20)11-14(22)24-16(4,5)6/h17H,7-11H2,1-6H3,(H,19,20). The number of carbonyl (C=O) groups is 3. The third-order valence-corrected chi connectivity index (χ3v) is 2.43. The molecular formula is C16H30N2O6. The summed E-state index contributed by atoms with van der Waals surface area (Å²) in [7, 11) is 0. The Bertz CT molecular complexity index is 407. The van der Waals surface area contributed by atoms with Gasteiger partial charge < -0.3 is 19.9 Å². The van der Waals surface area contributed by atoms with E-state index in [-0.39, 0.29) is 19.6 Å². The molecule has 0 aliphatic heterocycles. The lowest BCUT2D eigenvalue weighted by Crippen LogP contribution is -2.43. The van der Waals surface area contributed by atoms with Gasteiger partial charge in [0.2, 0.25) is 0 Å². The summed E-state index contributed by atoms with van der Waals surface area (Å²) in [4.78, 5) is 35.9. The molecule has 24 heavy (non-hydrogen) atoms. The van der Waals surface area contributed by atoms with Crippen LogP contribution in [0.3, 0.4) is 0 Å². The Kier molecular flexibility index (Phi) is 8.92. The molecule has 0 saturated carbocycles. The minimum absolute atomic E-state index is 0.0781. The van der Waals surface area contributed by atoms with E-state index in [1.165, 1.54) is 0 Å². The normalized spacial score (nSPS) is 12.1. The van der Waals surface area contributed by atoms with E-state index < -0.39 is 29.1 Å². The Morgan fingerprint density at radius 1 is 0.917 bits per heavy atom. The summed E-state index contributed by atoms with van der Waals surface area (Å²) in [5.41, 5.74) is -1.23. The summed E-state index contributed by atoms with van der Waals surface area (Å²) in [6.07, 6.45) is 0. The van der Waals surface area contributed by atoms with Crippen molar-refractivity contribution >= 4 is 17.9 Å². The second-order valence-corrected chi connectivity index (χ2v) is 7.45. The number of rotatable bonds is 9. The molecule has 0 aromatic rings. The fourth-order valence-electron chi connectivity index (χ4n) is 1.76. The van der Waals surface area contributed by atoms with Gasteiger partial charge in [0.1, 0.15) is 11.2 Å². The molecule has 0 fully saturated rings. The maximum absolute atomic E-state index is 11.9. The molecule has 0 aliphatic carbocycles. The summed E-state index contributed by atoms with van der Waals surface area (Å²) >= 11 is 0. The first kappa shape index (κ1) is 22.3. The van der Waals surface area contributed by atoms with Crippen molar-refractivity contribution in [2.45, 2.75) is 52.7 Å². The highest BCUT2D eigenvalue weighted by molar-refractivity contribution is 5.75. The number of nitrogens with zero attached hydrogens (tertiary/aromatic N) is 1. The average Bonchev–Trinajstić information content (AvgIpc) is 2.28. The number of hydrogen-bond donors (Lipinski definition) is 2. The molecule has 0 bridgehead atoms. The van der Waals surface area contributed by atoms with Crippen LogP contribution in [0.4, 0.5) is 0 Å². The Morgan fingerprint density at radius 2 is 1.33 bits per heavy atom. The number of carboxylic acid groups (broad SMARTS) is 1. The van der Waals surface area contributed by atoms with Crippen molar-refractivity contribution in [1.29, 1.82) is 0 Å². The topological polar surface area (TPSA) is 105 Å². The molecule has 0 aliphatic rings. The fraction of sp³-hybridized carbons (Fsp3) is 0.812. The predicted octanol–water partition coefficient (Wildman–Crippen LogP) is 0.646. The van der Waals surface area contributed by atoms with E-state index in [1.54, 1.807) is 46.4 Å². The fourth-order valence-corrected chi connectivity index (χ4v) is 1.76. The maximum atomic E-state index is 11.9. The summed E-state index contributed by atoms with van der Waals surface area (Å²) in [5.74, 6) is -1.88. The third-order valence-electron chi connectivity index (χ3n) is 2.43. The molecule has 0 unspecified atom stereocenters. The highest BCUT2D eigenvalue weighted by atomic mass is 16.6. The van der Waals surface area contributed by atoms with Crippen molar-refractivity contribution in [2.24, 2.45) is 0 Å². The Balaban J connectivity index is 4.61. The average molecular weight is 346 g/mol. The number of ether oxygens (including phenoxy) is 2. The molecule has 8 nitrogen and oxygen atoms in total. The van der Waals surface area contributed by atoms with E-state index in [9.17, 15) is 14.4 Å². The van der Waals surface area contributed by atoms with Crippen LogP contribution in [0.25, 0.3) is 0 Å². The first-order chi connectivity index (χ1) is 10.8. The van der Waals surface area contributed by atoms with Crippen LogP contribution in [0, 0.1) is 0 Å². The molecule has 0 aromatic heterocycles. The molecular weight excluding hydrogens is 316 g/mol. The van der Waals surface area contributed by atoms with Gasteiger partial charge in [0.25, 0.3) is 0 Å². The van der Waals surface area contributed by atoms with Crippen molar-refractivity contribution in [3.05, 3.63) is 0 Å². The van der Waals surface area contributed by atoms with Crippen LogP contribution in [-0.4, -0.2) is 71.8 Å². The van der Waals surface area contributed by atoms with Crippen LogP contribution in [0.5, 0.6) is 0 Å². The third kappa shape index (κ3) is 14.0. The quantitative estimate of drug-likeness (QED) is 0.463. The zero-order valence-electron chi connectivity index (χ0n) is 15.5. The van der Waals surface area contributed by atoms with Crippen molar-refractivity contribution in [3.63, 3.8) is 0 Å². The lowest BCUT2D eigenvalue weighted by atomic mass is 10.2. The van der Waals surface area contributed by atoms with Crippen molar-refractivity contribution in [2.75, 3.05) is 32.7 Å². The smallest absolute Gasteiger partial charge is 0.320 e. The first-order valence-corrected chi connectivity index (χ1v) is 7.87. The maximum Gasteiger partial charge on any atom is 0.320 e. The Morgan fingerprint density at radius 3 is 1.67 bits per heavy atom. The summed E-state index contributed by atoms with van der Waals surface area (Å²) < 4.78 is 10.5. The second kappa shape index (κ2) is 9.58. The van der Waals surface area contributed by atoms with E-state index in [4.69, 9.17) is 14.6 Å². The predicted molar refractivity (Wildman–Crippen MR) is 88.6 cm³/mol. The SMILES string of the molecule is CC(C)(C)OC(=O)CN(CCNCC(=O)O)CC(=O)OC(C)(C)C. The van der Waals surface area contributed by atoms with Crippen LogP contribution in [0.1, 0.15) is 41.5 Å². The van der Waals surface area contributed by atoms with E-state index in [1.807, 2.05) is 0 Å². The van der Waals surface area contributed by atoms with Gasteiger partial charge in [-0.15, -0.1) is 0 Å². The van der Waals surface area contributed by atoms with Gasteiger partial charge in [-0.05, 0) is 41.5 Å². The summed E-state index contributed by atoms with van der Waals surface area (Å²) in [6.45, 7) is 10.9. The monoisotopic (exact) mass is 346 g/mol. The zero-order chi connectivity index (χ0) is 19.0. The molecule has 0 saturated heterocycles. The van der Waals surface area contributed by atoms with Gasteiger partial charge in [0.05, 0.1) is 19.6 Å². The second-order valence-electron chi connectivity index (χ2n) is 7.45. The van der Waals surface area contributed by atoms with Crippen LogP contribution < -0.4 is 5.32 Å². The van der Waals surface area contributed by atoms with Crippen molar-refractivity contribution in [3.8, 4) is 0 Å². The zero-order valence-corrected chi connectivity index (χ0v) is 15.5. The molecule has 0 heterocycles. The first-order valence-electron chi connectivity index (χ1n) is 7.87.